The van der Waals surface area contributed by atoms with E-state index in [0.29, 0.717) is 0 Å². The summed E-state index contributed by atoms with van der Waals surface area (Å²) in [5.74, 6) is 0. The Morgan fingerprint density at radius 3 is 1.07 bits per heavy atom. The Morgan fingerprint density at radius 1 is 0.444 bits per heavy atom. The van der Waals surface area contributed by atoms with Crippen LogP contribution in [0.4, 0.5) is 11.4 Å². The van der Waals surface area contributed by atoms with Gasteiger partial charge in [-0.15, -0.1) is 11.1 Å². The lowest BCUT2D eigenvalue weighted by atomic mass is 10.3. The molecular formula is C24H20ClNSi. The van der Waals surface area contributed by atoms with Crippen molar-refractivity contribution in [3.63, 3.8) is 0 Å². The largest absolute Gasteiger partial charge is 0.348 e. The molecule has 132 valence electrons. The second-order valence-electron chi connectivity index (χ2n) is 6.36. The molecule has 0 atom stereocenters. The van der Waals surface area contributed by atoms with Crippen molar-refractivity contribution in [3.05, 3.63) is 121 Å². The highest BCUT2D eigenvalue weighted by molar-refractivity contribution is 7.36. The Bertz CT molecular complexity index is 897. The van der Waals surface area contributed by atoms with E-state index in [-0.39, 0.29) is 0 Å². The van der Waals surface area contributed by atoms with Gasteiger partial charge in [-0.1, -0.05) is 97.1 Å². The van der Waals surface area contributed by atoms with E-state index in [2.05, 4.69) is 102 Å². The molecule has 1 nitrogen and oxygen atoms in total. The minimum Gasteiger partial charge on any atom is -0.348 e. The highest BCUT2D eigenvalue weighted by Gasteiger charge is 2.43. The lowest BCUT2D eigenvalue weighted by Gasteiger charge is -2.39. The molecule has 0 unspecified atom stereocenters. The summed E-state index contributed by atoms with van der Waals surface area (Å²) < 4.78 is 2.33. The van der Waals surface area contributed by atoms with E-state index in [1.807, 2.05) is 24.3 Å². The van der Waals surface area contributed by atoms with Crippen molar-refractivity contribution in [3.8, 4) is 0 Å². The maximum atomic E-state index is 7.69. The van der Waals surface area contributed by atoms with Crippen LogP contribution < -0.4 is 14.9 Å². The van der Waals surface area contributed by atoms with Gasteiger partial charge in [-0.2, -0.15) is 0 Å². The van der Waals surface area contributed by atoms with Crippen LogP contribution in [0.1, 0.15) is 0 Å². The maximum absolute atomic E-state index is 7.69. The van der Waals surface area contributed by atoms with Gasteiger partial charge in [0.15, 0.2) is 0 Å². The molecule has 0 saturated carbocycles. The Labute approximate surface area is 166 Å². The molecule has 27 heavy (non-hydrogen) atoms. The molecule has 0 amide bonds. The summed E-state index contributed by atoms with van der Waals surface area (Å²) in [6.07, 6.45) is 0. The zero-order valence-corrected chi connectivity index (χ0v) is 16.6. The van der Waals surface area contributed by atoms with Gasteiger partial charge in [-0.3, -0.25) is 0 Å². The second-order valence-corrected chi connectivity index (χ2v) is 10.8. The van der Waals surface area contributed by atoms with Gasteiger partial charge in [-0.05, 0) is 34.6 Å². The summed E-state index contributed by atoms with van der Waals surface area (Å²) in [7, 11) is -2.81. The Hall–Kier alpha value is -2.81. The van der Waals surface area contributed by atoms with E-state index in [9.17, 15) is 0 Å². The lowest BCUT2D eigenvalue weighted by Crippen LogP contribution is -2.65. The van der Waals surface area contributed by atoms with Crippen molar-refractivity contribution in [1.29, 1.82) is 0 Å². The van der Waals surface area contributed by atoms with Crippen LogP contribution in [-0.2, 0) is 0 Å². The van der Waals surface area contributed by atoms with E-state index >= 15 is 0 Å². The van der Waals surface area contributed by atoms with Gasteiger partial charge in [0.2, 0.25) is 0 Å². The quantitative estimate of drug-likeness (QED) is 0.332. The Kier molecular flexibility index (Phi) is 5.10. The van der Waals surface area contributed by atoms with Gasteiger partial charge in [0.1, 0.15) is 0 Å². The number of halogens is 1. The lowest BCUT2D eigenvalue weighted by molar-refractivity contribution is 1.37. The van der Waals surface area contributed by atoms with E-state index in [4.69, 9.17) is 11.1 Å². The van der Waals surface area contributed by atoms with Crippen LogP contribution in [0.3, 0.4) is 0 Å². The van der Waals surface area contributed by atoms with Gasteiger partial charge in [0.05, 0.1) is 0 Å². The summed E-state index contributed by atoms with van der Waals surface area (Å²) in [5.41, 5.74) is 2.19. The number of rotatable bonds is 5. The van der Waals surface area contributed by atoms with Gasteiger partial charge in [0.25, 0.3) is 0 Å². The standard InChI is InChI=1S/C24H20ClNSi/c25-27(23-17-9-3-10-18-23,24-19-11-4-12-20-24)26(21-13-5-1-6-14-21)22-15-7-2-8-16-22/h1-20H. The van der Waals surface area contributed by atoms with Crippen LogP contribution in [0.25, 0.3) is 0 Å². The first-order valence-corrected chi connectivity index (χ1v) is 12.0. The second kappa shape index (κ2) is 7.83. The van der Waals surface area contributed by atoms with E-state index in [1.54, 1.807) is 0 Å². The average molecular weight is 386 g/mol. The van der Waals surface area contributed by atoms with E-state index in [0.717, 1.165) is 21.7 Å². The van der Waals surface area contributed by atoms with Crippen molar-refractivity contribution < 1.29 is 0 Å². The molecule has 4 rings (SSSR count). The van der Waals surface area contributed by atoms with Crippen LogP contribution in [0.2, 0.25) is 0 Å². The molecule has 0 radical (unpaired) electrons. The van der Waals surface area contributed by atoms with Crippen molar-refractivity contribution in [2.24, 2.45) is 0 Å². The molecule has 0 aromatic heterocycles. The molecule has 0 N–H and O–H groups in total. The third-order valence-corrected chi connectivity index (χ3v) is 9.80. The van der Waals surface area contributed by atoms with Crippen molar-refractivity contribution >= 4 is 40.4 Å². The predicted octanol–water partition coefficient (Wildman–Crippen LogP) is 5.32. The molecule has 3 heteroatoms. The molecule has 0 fully saturated rings. The first-order valence-electron chi connectivity index (χ1n) is 9.00. The fourth-order valence-corrected chi connectivity index (χ4v) is 7.87. The first-order chi connectivity index (χ1) is 13.3. The highest BCUT2D eigenvalue weighted by atomic mass is 35.6. The van der Waals surface area contributed by atoms with Crippen molar-refractivity contribution in [1.82, 2.24) is 0 Å². The number of anilines is 2. The summed E-state index contributed by atoms with van der Waals surface area (Å²) in [6, 6.07) is 41.8. The fourth-order valence-electron chi connectivity index (χ4n) is 3.40. The third kappa shape index (κ3) is 3.42. The molecular weight excluding hydrogens is 366 g/mol. The molecule has 4 aromatic rings. The van der Waals surface area contributed by atoms with Gasteiger partial charge in [-0.25, -0.2) is 0 Å². The molecule has 0 aliphatic carbocycles. The molecule has 0 saturated heterocycles. The van der Waals surface area contributed by atoms with E-state index in [1.165, 1.54) is 0 Å². The summed E-state index contributed by atoms with van der Waals surface area (Å²) in [4.78, 5) is 0. The number of para-hydroxylation sites is 2. The van der Waals surface area contributed by atoms with Crippen molar-refractivity contribution in [2.75, 3.05) is 4.57 Å². The molecule has 0 aliphatic heterocycles. The topological polar surface area (TPSA) is 3.24 Å². The molecule has 0 heterocycles. The molecule has 0 spiro atoms. The maximum Gasteiger partial charge on any atom is 0.324 e. The summed E-state index contributed by atoms with van der Waals surface area (Å²) in [5, 5.41) is 2.32. The highest BCUT2D eigenvalue weighted by Crippen LogP contribution is 2.33. The number of hydrogen-bond donors (Lipinski definition) is 0. The molecule has 4 aromatic carbocycles. The number of benzene rings is 4. The number of nitrogens with zero attached hydrogens (tertiary/aromatic N) is 1. The smallest absolute Gasteiger partial charge is 0.324 e. The van der Waals surface area contributed by atoms with Gasteiger partial charge in [0, 0.05) is 11.4 Å². The summed E-state index contributed by atoms with van der Waals surface area (Å²) >= 11 is 7.69. The predicted molar refractivity (Wildman–Crippen MR) is 119 cm³/mol. The molecule has 0 bridgehead atoms. The van der Waals surface area contributed by atoms with Crippen LogP contribution in [-0.4, -0.2) is 7.55 Å². The minimum atomic E-state index is -2.81. The van der Waals surface area contributed by atoms with Crippen LogP contribution in [0, 0.1) is 0 Å². The number of hydrogen-bond acceptors (Lipinski definition) is 1. The van der Waals surface area contributed by atoms with Crippen LogP contribution in [0.5, 0.6) is 0 Å². The van der Waals surface area contributed by atoms with E-state index < -0.39 is 7.55 Å². The Morgan fingerprint density at radius 2 is 0.741 bits per heavy atom. The first kappa shape index (κ1) is 17.6. The zero-order chi connectivity index (χ0) is 18.5. The van der Waals surface area contributed by atoms with Gasteiger partial charge >= 0.3 is 7.55 Å². The summed E-state index contributed by atoms with van der Waals surface area (Å²) in [6.45, 7) is 0. The Balaban J connectivity index is 2.01. The van der Waals surface area contributed by atoms with Crippen LogP contribution >= 0.6 is 11.1 Å². The minimum absolute atomic E-state index is 1.10. The average Bonchev–Trinajstić information content (AvgIpc) is 2.76. The third-order valence-electron chi connectivity index (χ3n) is 4.65. The zero-order valence-electron chi connectivity index (χ0n) is 14.9. The van der Waals surface area contributed by atoms with Gasteiger partial charge < -0.3 is 4.57 Å². The SMILES string of the molecule is Cl[Si](c1ccccc1)(c1ccccc1)N(c1ccccc1)c1ccccc1. The monoisotopic (exact) mass is 385 g/mol. The fraction of sp³-hybridized carbons (Fsp3) is 0. The van der Waals surface area contributed by atoms with Crippen LogP contribution in [0.15, 0.2) is 121 Å². The molecule has 0 aliphatic rings. The van der Waals surface area contributed by atoms with Crippen molar-refractivity contribution in [2.45, 2.75) is 0 Å². The normalized spacial score (nSPS) is 11.1.